The second-order valence-corrected chi connectivity index (χ2v) is 13.9. The molecule has 0 aliphatic rings. The van der Waals surface area contributed by atoms with Crippen molar-refractivity contribution in [2.45, 2.75) is 231 Å². The molecule has 5 heteroatoms. The molecule has 0 saturated heterocycles. The Morgan fingerprint density at radius 2 is 0.889 bits per heavy atom. The second kappa shape index (κ2) is 35.9. The lowest BCUT2D eigenvalue weighted by Crippen LogP contribution is -2.46. The molecule has 268 valence electrons. The van der Waals surface area contributed by atoms with Crippen LogP contribution in [0.5, 0.6) is 0 Å². The van der Waals surface area contributed by atoms with Crippen LogP contribution in [-0.2, 0) is 4.79 Å². The average Bonchev–Trinajstić information content (AvgIpc) is 3.03. The lowest BCUT2D eigenvalue weighted by Gasteiger charge is -2.23. The van der Waals surface area contributed by atoms with Crippen LogP contribution >= 0.6 is 0 Å². The number of unbranched alkanes of at least 4 members (excludes halogenated alkanes) is 25. The molecule has 5 nitrogen and oxygen atoms in total. The first kappa shape index (κ1) is 44.1. The smallest absolute Gasteiger partial charge is 0.222 e. The predicted octanol–water partition coefficient (Wildman–Crippen LogP) is 10.9. The van der Waals surface area contributed by atoms with Crippen LogP contribution in [-0.4, -0.2) is 46.1 Å². The topological polar surface area (TPSA) is 89.8 Å². The van der Waals surface area contributed by atoms with Crippen LogP contribution in [0, 0.1) is 0 Å². The van der Waals surface area contributed by atoms with Crippen LogP contribution in [0.4, 0.5) is 0 Å². The van der Waals surface area contributed by atoms with Gasteiger partial charge in [0.2, 0.25) is 5.91 Å². The van der Waals surface area contributed by atoms with Crippen molar-refractivity contribution in [1.29, 1.82) is 0 Å². The van der Waals surface area contributed by atoms with Gasteiger partial charge in [-0.15, -0.1) is 0 Å². The van der Waals surface area contributed by atoms with E-state index in [9.17, 15) is 20.1 Å². The van der Waals surface area contributed by atoms with E-state index in [2.05, 4.69) is 31.3 Å². The maximum absolute atomic E-state index is 12.4. The summed E-state index contributed by atoms with van der Waals surface area (Å²) in [5.41, 5.74) is 0. The SMILES string of the molecule is CCCCCCCCCCCC/C=C\CCCCCCCC(O)CC(=O)NC(CO)C(O)CCCCCCCCCCCCC. The molecule has 0 bridgehead atoms. The van der Waals surface area contributed by atoms with Crippen molar-refractivity contribution in [2.24, 2.45) is 0 Å². The van der Waals surface area contributed by atoms with Gasteiger partial charge in [0.05, 0.1) is 31.3 Å². The minimum absolute atomic E-state index is 0.0332. The maximum Gasteiger partial charge on any atom is 0.222 e. The van der Waals surface area contributed by atoms with Crippen molar-refractivity contribution in [3.05, 3.63) is 12.2 Å². The van der Waals surface area contributed by atoms with Gasteiger partial charge in [-0.3, -0.25) is 4.79 Å². The summed E-state index contributed by atoms with van der Waals surface area (Å²) in [4.78, 5) is 12.4. The lowest BCUT2D eigenvalue weighted by molar-refractivity contribution is -0.125. The fourth-order valence-corrected chi connectivity index (χ4v) is 6.22. The summed E-state index contributed by atoms with van der Waals surface area (Å²) in [6.07, 6.45) is 40.3. The van der Waals surface area contributed by atoms with E-state index in [1.807, 2.05) is 0 Å². The van der Waals surface area contributed by atoms with Crippen molar-refractivity contribution >= 4 is 5.91 Å². The molecular weight excluding hydrogens is 558 g/mol. The molecular formula is C40H79NO4. The third-order valence-corrected chi connectivity index (χ3v) is 9.33. The van der Waals surface area contributed by atoms with Crippen molar-refractivity contribution in [1.82, 2.24) is 5.32 Å². The molecule has 0 fully saturated rings. The maximum atomic E-state index is 12.4. The number of carbonyl (C=O) groups is 1. The van der Waals surface area contributed by atoms with Gasteiger partial charge in [0.25, 0.3) is 0 Å². The van der Waals surface area contributed by atoms with E-state index in [1.54, 1.807) is 0 Å². The normalized spacial score (nSPS) is 13.8. The molecule has 45 heavy (non-hydrogen) atoms. The molecule has 0 aliphatic carbocycles. The molecule has 4 N–H and O–H groups in total. The van der Waals surface area contributed by atoms with E-state index in [4.69, 9.17) is 0 Å². The molecule has 0 aliphatic heterocycles. The van der Waals surface area contributed by atoms with E-state index >= 15 is 0 Å². The molecule has 1 amide bonds. The number of rotatable bonds is 36. The van der Waals surface area contributed by atoms with Gasteiger partial charge in [0, 0.05) is 0 Å². The molecule has 0 aromatic carbocycles. The standard InChI is InChI=1S/C40H79NO4/c1-3-5-7-9-11-13-15-16-17-18-19-20-21-22-24-25-27-29-31-33-37(43)35-40(45)41-38(36-42)39(44)34-32-30-28-26-23-14-12-10-8-6-4-2/h20-21,37-39,42-44H,3-19,22-36H2,1-2H3,(H,41,45)/b21-20-. The highest BCUT2D eigenvalue weighted by Crippen LogP contribution is 2.15. The van der Waals surface area contributed by atoms with Gasteiger partial charge in [-0.25, -0.2) is 0 Å². The molecule has 0 radical (unpaired) electrons. The number of aliphatic hydroxyl groups is 3. The highest BCUT2D eigenvalue weighted by atomic mass is 16.3. The summed E-state index contributed by atoms with van der Waals surface area (Å²) in [5.74, 6) is -0.288. The Morgan fingerprint density at radius 3 is 1.29 bits per heavy atom. The number of amides is 1. The molecule has 0 saturated carbocycles. The van der Waals surface area contributed by atoms with Crippen LogP contribution in [0.15, 0.2) is 12.2 Å². The minimum Gasteiger partial charge on any atom is -0.394 e. The van der Waals surface area contributed by atoms with Crippen LogP contribution in [0.3, 0.4) is 0 Å². The van der Waals surface area contributed by atoms with Gasteiger partial charge >= 0.3 is 0 Å². The molecule has 0 aromatic rings. The largest absolute Gasteiger partial charge is 0.394 e. The summed E-state index contributed by atoms with van der Waals surface area (Å²) >= 11 is 0. The summed E-state index contributed by atoms with van der Waals surface area (Å²) in [5, 5.41) is 33.2. The Labute approximate surface area is 280 Å². The third-order valence-electron chi connectivity index (χ3n) is 9.33. The first-order valence-corrected chi connectivity index (χ1v) is 20.0. The molecule has 0 rings (SSSR count). The first-order valence-electron chi connectivity index (χ1n) is 20.0. The Morgan fingerprint density at radius 1 is 0.533 bits per heavy atom. The van der Waals surface area contributed by atoms with E-state index in [-0.39, 0.29) is 18.9 Å². The number of nitrogens with one attached hydrogen (secondary N) is 1. The summed E-state index contributed by atoms with van der Waals surface area (Å²) < 4.78 is 0. The second-order valence-electron chi connectivity index (χ2n) is 13.9. The van der Waals surface area contributed by atoms with Crippen LogP contribution < -0.4 is 5.32 Å². The molecule has 0 heterocycles. The van der Waals surface area contributed by atoms with E-state index in [1.165, 1.54) is 148 Å². The Bertz CT molecular complexity index is 625. The number of carbonyl (C=O) groups excluding carboxylic acids is 1. The Balaban J connectivity index is 3.63. The van der Waals surface area contributed by atoms with Crippen molar-refractivity contribution in [3.8, 4) is 0 Å². The van der Waals surface area contributed by atoms with E-state index in [0.29, 0.717) is 12.8 Å². The Kier molecular flexibility index (Phi) is 35.2. The van der Waals surface area contributed by atoms with Gasteiger partial charge in [0.15, 0.2) is 0 Å². The number of aliphatic hydroxyl groups excluding tert-OH is 3. The highest BCUT2D eigenvalue weighted by molar-refractivity contribution is 5.76. The molecule has 0 aromatic heterocycles. The number of hydrogen-bond donors (Lipinski definition) is 4. The average molecular weight is 638 g/mol. The number of allylic oxidation sites excluding steroid dienone is 2. The van der Waals surface area contributed by atoms with Crippen LogP contribution in [0.2, 0.25) is 0 Å². The minimum atomic E-state index is -0.746. The molecule has 3 atom stereocenters. The highest BCUT2D eigenvalue weighted by Gasteiger charge is 2.21. The summed E-state index contributed by atoms with van der Waals surface area (Å²) in [7, 11) is 0. The number of hydrogen-bond acceptors (Lipinski definition) is 4. The fourth-order valence-electron chi connectivity index (χ4n) is 6.22. The zero-order valence-corrected chi connectivity index (χ0v) is 30.3. The van der Waals surface area contributed by atoms with Crippen molar-refractivity contribution in [3.63, 3.8) is 0 Å². The lowest BCUT2D eigenvalue weighted by atomic mass is 10.0. The van der Waals surface area contributed by atoms with Gasteiger partial charge in [-0.1, -0.05) is 180 Å². The van der Waals surface area contributed by atoms with Crippen LogP contribution in [0.25, 0.3) is 0 Å². The predicted molar refractivity (Wildman–Crippen MR) is 195 cm³/mol. The molecule has 3 unspecified atom stereocenters. The van der Waals surface area contributed by atoms with Crippen molar-refractivity contribution in [2.75, 3.05) is 6.61 Å². The zero-order chi connectivity index (χ0) is 33.1. The Hall–Kier alpha value is -0.910. The van der Waals surface area contributed by atoms with E-state index in [0.717, 1.165) is 32.1 Å². The summed E-state index contributed by atoms with van der Waals surface area (Å²) in [6, 6.07) is -0.656. The monoisotopic (exact) mass is 638 g/mol. The fraction of sp³-hybridized carbons (Fsp3) is 0.925. The van der Waals surface area contributed by atoms with Crippen molar-refractivity contribution < 1.29 is 20.1 Å². The van der Waals surface area contributed by atoms with Gasteiger partial charge in [-0.05, 0) is 38.5 Å². The summed E-state index contributed by atoms with van der Waals surface area (Å²) in [6.45, 7) is 4.25. The zero-order valence-electron chi connectivity index (χ0n) is 30.3. The van der Waals surface area contributed by atoms with Gasteiger partial charge in [0.1, 0.15) is 0 Å². The van der Waals surface area contributed by atoms with Gasteiger partial charge < -0.3 is 20.6 Å². The van der Waals surface area contributed by atoms with Gasteiger partial charge in [-0.2, -0.15) is 0 Å². The quantitative estimate of drug-likeness (QED) is 0.0406. The third kappa shape index (κ3) is 32.8. The first-order chi connectivity index (χ1) is 22.0. The molecule has 0 spiro atoms. The van der Waals surface area contributed by atoms with E-state index < -0.39 is 18.2 Å². The van der Waals surface area contributed by atoms with Crippen LogP contribution in [0.1, 0.15) is 213 Å².